The Morgan fingerprint density at radius 1 is 1.00 bits per heavy atom. The van der Waals surface area contributed by atoms with E-state index in [1.54, 1.807) is 20.8 Å². The molecule has 0 spiro atoms. The fourth-order valence-electron chi connectivity index (χ4n) is 2.69. The zero-order valence-electron chi connectivity index (χ0n) is 16.8. The minimum absolute atomic E-state index is 0.0779. The maximum absolute atomic E-state index is 13.8. The highest BCUT2D eigenvalue weighted by Crippen LogP contribution is 2.44. The molecule has 1 unspecified atom stereocenters. The van der Waals surface area contributed by atoms with Gasteiger partial charge in [0.15, 0.2) is 0 Å². The highest BCUT2D eigenvalue weighted by Gasteiger charge is 2.64. The molecule has 0 aliphatic heterocycles. The summed E-state index contributed by atoms with van der Waals surface area (Å²) in [4.78, 5) is 12.3. The second-order valence-corrected chi connectivity index (χ2v) is 8.36. The van der Waals surface area contributed by atoms with E-state index in [0.29, 0.717) is 6.42 Å². The molecule has 0 aromatic heterocycles. The maximum atomic E-state index is 13.8. The zero-order chi connectivity index (χ0) is 20.2. The Kier molecular flexibility index (Phi) is 7.56. The van der Waals surface area contributed by atoms with E-state index < -0.39 is 35.6 Å². The minimum atomic E-state index is -4.73. The van der Waals surface area contributed by atoms with Crippen LogP contribution in [-0.2, 0) is 19.0 Å². The molecule has 0 aromatic carbocycles. The molecule has 26 heavy (non-hydrogen) atoms. The first-order valence-electron chi connectivity index (χ1n) is 9.32. The molecule has 0 amide bonds. The first-order chi connectivity index (χ1) is 11.8. The Labute approximate surface area is 154 Å². The number of carbonyl (C=O) groups excluding carboxylic acids is 1. The smallest absolute Gasteiger partial charge is 0.421 e. The topological polar surface area (TPSA) is 44.8 Å². The molecular weight excluding hydrogens is 349 g/mol. The van der Waals surface area contributed by atoms with Crippen molar-refractivity contribution in [2.24, 2.45) is 5.41 Å². The molecular formula is C19H33F3O4. The highest BCUT2D eigenvalue weighted by molar-refractivity contribution is 5.76. The van der Waals surface area contributed by atoms with Crippen molar-refractivity contribution in [3.8, 4) is 0 Å². The first kappa shape index (κ1) is 23.2. The average molecular weight is 382 g/mol. The second kappa shape index (κ2) is 8.46. The van der Waals surface area contributed by atoms with Crippen molar-refractivity contribution < 1.29 is 32.2 Å². The molecule has 1 aliphatic rings. The van der Waals surface area contributed by atoms with Crippen molar-refractivity contribution in [3.63, 3.8) is 0 Å². The van der Waals surface area contributed by atoms with Crippen molar-refractivity contribution in [1.82, 2.24) is 0 Å². The number of rotatable bonds is 8. The Hall–Kier alpha value is -0.820. The summed E-state index contributed by atoms with van der Waals surface area (Å²) in [5.41, 5.74) is -5.47. The van der Waals surface area contributed by atoms with Gasteiger partial charge in [-0.25, -0.2) is 0 Å². The molecule has 7 heteroatoms. The fourth-order valence-corrected chi connectivity index (χ4v) is 2.69. The van der Waals surface area contributed by atoms with Crippen molar-refractivity contribution in [2.45, 2.75) is 104 Å². The van der Waals surface area contributed by atoms with Gasteiger partial charge in [0.25, 0.3) is 0 Å². The van der Waals surface area contributed by atoms with Crippen LogP contribution in [-0.4, -0.2) is 36.2 Å². The van der Waals surface area contributed by atoms with E-state index >= 15 is 0 Å². The van der Waals surface area contributed by atoms with Crippen LogP contribution in [0.2, 0.25) is 0 Å². The molecule has 154 valence electrons. The summed E-state index contributed by atoms with van der Waals surface area (Å²) < 4.78 is 57.4. The predicted octanol–water partition coefficient (Wildman–Crippen LogP) is 5.39. The summed E-state index contributed by atoms with van der Waals surface area (Å²) in [7, 11) is 0. The molecule has 4 nitrogen and oxygen atoms in total. The Morgan fingerprint density at radius 3 is 2.00 bits per heavy atom. The van der Waals surface area contributed by atoms with Crippen molar-refractivity contribution in [3.05, 3.63) is 0 Å². The van der Waals surface area contributed by atoms with Crippen LogP contribution in [0.25, 0.3) is 0 Å². The molecule has 1 saturated carbocycles. The second-order valence-electron chi connectivity index (χ2n) is 8.36. The molecule has 0 saturated heterocycles. The number of halogens is 3. The molecule has 0 heterocycles. The standard InChI is InChI=1S/C19H33F3O4/c1-7-16(2,3)15(23)26-17(4,5)18(6,19(20,21)22)25-13-24-14-11-9-8-10-12-14/h14H,7-13H2,1-6H3. The van der Waals surface area contributed by atoms with Gasteiger partial charge in [0.2, 0.25) is 5.60 Å². The van der Waals surface area contributed by atoms with E-state index in [0.717, 1.165) is 39.0 Å². The van der Waals surface area contributed by atoms with Gasteiger partial charge < -0.3 is 14.2 Å². The normalized spacial score (nSPS) is 19.9. The summed E-state index contributed by atoms with van der Waals surface area (Å²) in [6.07, 6.45) is 0.444. The van der Waals surface area contributed by atoms with Gasteiger partial charge in [-0.1, -0.05) is 26.2 Å². The van der Waals surface area contributed by atoms with Gasteiger partial charge in [0, 0.05) is 0 Å². The SMILES string of the molecule is CCC(C)(C)C(=O)OC(C)(C)C(C)(OCOC1CCCCC1)C(F)(F)F. The highest BCUT2D eigenvalue weighted by atomic mass is 19.4. The van der Waals surface area contributed by atoms with Crippen LogP contribution < -0.4 is 0 Å². The third kappa shape index (κ3) is 5.35. The maximum Gasteiger partial charge on any atom is 0.421 e. The van der Waals surface area contributed by atoms with Crippen LogP contribution in [0.4, 0.5) is 13.2 Å². The number of carbonyl (C=O) groups is 1. The minimum Gasteiger partial charge on any atom is -0.456 e. The molecule has 0 aromatic rings. The lowest BCUT2D eigenvalue weighted by Crippen LogP contribution is -2.62. The fraction of sp³-hybridized carbons (Fsp3) is 0.947. The van der Waals surface area contributed by atoms with Gasteiger partial charge in [-0.15, -0.1) is 0 Å². The van der Waals surface area contributed by atoms with Crippen LogP contribution in [0, 0.1) is 5.41 Å². The molecule has 1 aliphatic carbocycles. The lowest BCUT2D eigenvalue weighted by atomic mass is 9.85. The Morgan fingerprint density at radius 2 is 1.54 bits per heavy atom. The van der Waals surface area contributed by atoms with E-state index in [9.17, 15) is 18.0 Å². The molecule has 0 N–H and O–H groups in total. The number of hydrogen-bond donors (Lipinski definition) is 0. The molecule has 1 rings (SSSR count). The van der Waals surface area contributed by atoms with Gasteiger partial charge in [0.1, 0.15) is 12.4 Å². The van der Waals surface area contributed by atoms with Gasteiger partial charge >= 0.3 is 12.1 Å². The largest absolute Gasteiger partial charge is 0.456 e. The van der Waals surface area contributed by atoms with Crippen LogP contribution in [0.3, 0.4) is 0 Å². The third-order valence-electron chi connectivity index (χ3n) is 5.68. The molecule has 1 fully saturated rings. The number of ether oxygens (including phenoxy) is 3. The molecule has 1 atom stereocenters. The van der Waals surface area contributed by atoms with E-state index in [1.165, 1.54) is 13.8 Å². The summed E-state index contributed by atoms with van der Waals surface area (Å²) >= 11 is 0. The first-order valence-corrected chi connectivity index (χ1v) is 9.32. The number of esters is 1. The van der Waals surface area contributed by atoms with E-state index in [2.05, 4.69) is 0 Å². The Bertz CT molecular complexity index is 468. The molecule has 0 bridgehead atoms. The van der Waals surface area contributed by atoms with Crippen LogP contribution in [0.1, 0.15) is 80.1 Å². The van der Waals surface area contributed by atoms with Gasteiger partial charge in [0.05, 0.1) is 11.5 Å². The van der Waals surface area contributed by atoms with Crippen molar-refractivity contribution >= 4 is 5.97 Å². The van der Waals surface area contributed by atoms with Crippen LogP contribution in [0.15, 0.2) is 0 Å². The van der Waals surface area contributed by atoms with E-state index in [4.69, 9.17) is 14.2 Å². The zero-order valence-corrected chi connectivity index (χ0v) is 16.8. The summed E-state index contributed by atoms with van der Waals surface area (Å²) in [6.45, 7) is 7.94. The average Bonchev–Trinajstić information content (AvgIpc) is 2.54. The number of alkyl halides is 3. The quantitative estimate of drug-likeness (QED) is 0.417. The summed E-state index contributed by atoms with van der Waals surface area (Å²) in [6, 6.07) is 0. The lowest BCUT2D eigenvalue weighted by Gasteiger charge is -2.44. The molecule has 0 radical (unpaired) electrons. The summed E-state index contributed by atoms with van der Waals surface area (Å²) in [5, 5.41) is 0. The van der Waals surface area contributed by atoms with Crippen molar-refractivity contribution in [1.29, 1.82) is 0 Å². The van der Waals surface area contributed by atoms with E-state index in [1.807, 2.05) is 0 Å². The Balaban J connectivity index is 2.86. The lowest BCUT2D eigenvalue weighted by molar-refractivity contribution is -0.342. The summed E-state index contributed by atoms with van der Waals surface area (Å²) in [5.74, 6) is -0.683. The monoisotopic (exact) mass is 382 g/mol. The van der Waals surface area contributed by atoms with Crippen LogP contribution >= 0.6 is 0 Å². The predicted molar refractivity (Wildman–Crippen MR) is 92.6 cm³/mol. The van der Waals surface area contributed by atoms with Gasteiger partial charge in [-0.3, -0.25) is 4.79 Å². The van der Waals surface area contributed by atoms with Gasteiger partial charge in [-0.05, 0) is 53.9 Å². The van der Waals surface area contributed by atoms with Crippen molar-refractivity contribution in [2.75, 3.05) is 6.79 Å². The third-order valence-corrected chi connectivity index (χ3v) is 5.68. The number of hydrogen-bond acceptors (Lipinski definition) is 4. The van der Waals surface area contributed by atoms with Crippen LogP contribution in [0.5, 0.6) is 0 Å². The van der Waals surface area contributed by atoms with E-state index in [-0.39, 0.29) is 6.10 Å². The van der Waals surface area contributed by atoms with Gasteiger partial charge in [-0.2, -0.15) is 13.2 Å².